The highest BCUT2D eigenvalue weighted by molar-refractivity contribution is 7.89. The molecule has 0 fully saturated rings. The first-order valence-corrected chi connectivity index (χ1v) is 11.2. The van der Waals surface area contributed by atoms with Gasteiger partial charge >= 0.3 is 0 Å². The van der Waals surface area contributed by atoms with E-state index in [0.717, 1.165) is 6.07 Å². The average molecular weight is 502 g/mol. The summed E-state index contributed by atoms with van der Waals surface area (Å²) in [5.74, 6) is 0.0801. The third kappa shape index (κ3) is 5.61. The van der Waals surface area contributed by atoms with Crippen LogP contribution in [0.2, 0.25) is 15.1 Å². The molecule has 11 heteroatoms. The first-order chi connectivity index (χ1) is 14.6. The Morgan fingerprint density at radius 1 is 0.871 bits per heavy atom. The van der Waals surface area contributed by atoms with Crippen molar-refractivity contribution in [2.75, 3.05) is 12.4 Å². The third-order valence-electron chi connectivity index (χ3n) is 4.03. The maximum absolute atomic E-state index is 13.0. The molecule has 0 spiro atoms. The van der Waals surface area contributed by atoms with Gasteiger partial charge in [-0.25, -0.2) is 13.6 Å². The summed E-state index contributed by atoms with van der Waals surface area (Å²) in [5, 5.41) is 8.64. The summed E-state index contributed by atoms with van der Waals surface area (Å²) in [5.41, 5.74) is 0.0404. The van der Waals surface area contributed by atoms with Gasteiger partial charge in [0.25, 0.3) is 5.91 Å². The molecule has 3 rings (SSSR count). The summed E-state index contributed by atoms with van der Waals surface area (Å²) in [7, 11) is -2.70. The second-order valence-corrected chi connectivity index (χ2v) is 9.02. The third-order valence-corrected chi connectivity index (χ3v) is 5.69. The van der Waals surface area contributed by atoms with Crippen molar-refractivity contribution >= 4 is 56.4 Å². The monoisotopic (exact) mass is 500 g/mol. The number of primary sulfonamides is 1. The Balaban J connectivity index is 1.99. The molecule has 0 aliphatic rings. The maximum atomic E-state index is 13.0. The minimum atomic E-state index is -4.14. The Labute approximate surface area is 193 Å². The van der Waals surface area contributed by atoms with Crippen LogP contribution in [0, 0.1) is 0 Å². The zero-order valence-electron chi connectivity index (χ0n) is 15.9. The molecule has 3 aromatic carbocycles. The van der Waals surface area contributed by atoms with Gasteiger partial charge in [-0.05, 0) is 42.5 Å². The molecule has 0 aromatic heterocycles. The van der Waals surface area contributed by atoms with Crippen LogP contribution in [-0.4, -0.2) is 21.4 Å². The number of carbonyl (C=O) groups excluding carboxylic acids is 1. The van der Waals surface area contributed by atoms with Gasteiger partial charge in [0.15, 0.2) is 11.5 Å². The number of benzene rings is 3. The van der Waals surface area contributed by atoms with Crippen LogP contribution in [0.25, 0.3) is 0 Å². The molecule has 0 saturated heterocycles. The zero-order chi connectivity index (χ0) is 22.8. The minimum Gasteiger partial charge on any atom is -0.493 e. The maximum Gasteiger partial charge on any atom is 0.259 e. The Kier molecular flexibility index (Phi) is 6.98. The summed E-state index contributed by atoms with van der Waals surface area (Å²) < 4.78 is 34.9. The quantitative estimate of drug-likeness (QED) is 0.473. The first-order valence-electron chi connectivity index (χ1n) is 8.53. The topological polar surface area (TPSA) is 108 Å². The Bertz CT molecular complexity index is 1270. The van der Waals surface area contributed by atoms with E-state index >= 15 is 0 Å². The van der Waals surface area contributed by atoms with Crippen molar-refractivity contribution in [1.29, 1.82) is 0 Å². The number of methoxy groups -OCH3 is 1. The normalized spacial score (nSPS) is 11.1. The number of carbonyl (C=O) groups is 1. The largest absolute Gasteiger partial charge is 0.493 e. The molecule has 0 saturated carbocycles. The van der Waals surface area contributed by atoms with Crippen molar-refractivity contribution in [3.05, 3.63) is 75.2 Å². The van der Waals surface area contributed by atoms with Gasteiger partial charge in [-0.15, -0.1) is 0 Å². The van der Waals surface area contributed by atoms with Crippen molar-refractivity contribution in [3.8, 4) is 17.2 Å². The molecule has 0 radical (unpaired) electrons. The van der Waals surface area contributed by atoms with Gasteiger partial charge in [0.05, 0.1) is 18.4 Å². The van der Waals surface area contributed by atoms with E-state index in [0.29, 0.717) is 21.5 Å². The molecule has 0 aliphatic carbocycles. The number of anilines is 1. The lowest BCUT2D eigenvalue weighted by Gasteiger charge is -2.15. The molecule has 0 bridgehead atoms. The van der Waals surface area contributed by atoms with E-state index < -0.39 is 15.9 Å². The van der Waals surface area contributed by atoms with Gasteiger partial charge in [-0.2, -0.15) is 0 Å². The van der Waals surface area contributed by atoms with Crippen LogP contribution in [0.3, 0.4) is 0 Å². The number of ether oxygens (including phenoxy) is 2. The lowest BCUT2D eigenvalue weighted by molar-refractivity contribution is 0.102. The highest BCUT2D eigenvalue weighted by atomic mass is 35.5. The van der Waals surface area contributed by atoms with Crippen LogP contribution in [0.15, 0.2) is 59.5 Å². The summed E-state index contributed by atoms with van der Waals surface area (Å²) in [6.45, 7) is 0. The second kappa shape index (κ2) is 9.33. The average Bonchev–Trinajstić information content (AvgIpc) is 2.70. The van der Waals surface area contributed by atoms with Crippen LogP contribution < -0.4 is 19.9 Å². The zero-order valence-corrected chi connectivity index (χ0v) is 18.9. The molecule has 1 amide bonds. The number of nitrogens with one attached hydrogen (secondary N) is 1. The van der Waals surface area contributed by atoms with E-state index in [1.54, 1.807) is 18.2 Å². The molecular formula is C20H15Cl3N2O5S. The molecule has 3 aromatic rings. The highest BCUT2D eigenvalue weighted by Crippen LogP contribution is 2.36. The fourth-order valence-electron chi connectivity index (χ4n) is 2.64. The van der Waals surface area contributed by atoms with E-state index in [1.807, 2.05) is 0 Å². The van der Waals surface area contributed by atoms with Gasteiger partial charge in [0, 0.05) is 27.2 Å². The van der Waals surface area contributed by atoms with E-state index in [-0.39, 0.29) is 26.9 Å². The minimum absolute atomic E-state index is 0.0399. The number of sulfonamides is 1. The molecule has 162 valence electrons. The molecule has 0 aliphatic heterocycles. The molecule has 0 heterocycles. The molecule has 0 atom stereocenters. The predicted molar refractivity (Wildman–Crippen MR) is 120 cm³/mol. The van der Waals surface area contributed by atoms with Crippen LogP contribution >= 0.6 is 34.8 Å². The first kappa shape index (κ1) is 23.2. The predicted octanol–water partition coefficient (Wildman–Crippen LogP) is 5.35. The van der Waals surface area contributed by atoms with Crippen LogP contribution in [0.5, 0.6) is 17.2 Å². The number of hydrogen-bond donors (Lipinski definition) is 2. The molecular weight excluding hydrogens is 487 g/mol. The van der Waals surface area contributed by atoms with Gasteiger partial charge < -0.3 is 14.8 Å². The lowest BCUT2D eigenvalue weighted by atomic mass is 10.1. The number of halogens is 3. The van der Waals surface area contributed by atoms with Crippen molar-refractivity contribution in [2.45, 2.75) is 4.90 Å². The Morgan fingerprint density at radius 2 is 1.45 bits per heavy atom. The van der Waals surface area contributed by atoms with Gasteiger partial charge in [-0.1, -0.05) is 34.8 Å². The Morgan fingerprint density at radius 3 is 2.10 bits per heavy atom. The van der Waals surface area contributed by atoms with Gasteiger partial charge in [0.1, 0.15) is 10.6 Å². The number of rotatable bonds is 6. The van der Waals surface area contributed by atoms with Crippen LogP contribution in [0.4, 0.5) is 5.69 Å². The standard InChI is InChI=1S/C20H15Cl3N2O5S/c1-29-18-9-12(22)4-7-16(18)30-17-8-11(21)2-5-14(17)20(26)25-15-6-3-13(23)10-19(15)31(24,27)28/h2-10H,1H3,(H,25,26)(H2,24,27,28). The van der Waals surface area contributed by atoms with E-state index in [4.69, 9.17) is 49.4 Å². The number of hydrogen-bond acceptors (Lipinski definition) is 5. The van der Waals surface area contributed by atoms with Gasteiger partial charge in [-0.3, -0.25) is 4.79 Å². The van der Waals surface area contributed by atoms with Crippen molar-refractivity contribution < 1.29 is 22.7 Å². The fourth-order valence-corrected chi connectivity index (χ4v) is 3.91. The summed E-state index contributed by atoms with van der Waals surface area (Å²) in [6, 6.07) is 13.0. The van der Waals surface area contributed by atoms with Gasteiger partial charge in [0.2, 0.25) is 10.0 Å². The number of amides is 1. The molecule has 7 nitrogen and oxygen atoms in total. The van der Waals surface area contributed by atoms with E-state index in [9.17, 15) is 13.2 Å². The summed E-state index contributed by atoms with van der Waals surface area (Å²) in [4.78, 5) is 12.6. The Hall–Kier alpha value is -2.49. The lowest BCUT2D eigenvalue weighted by Crippen LogP contribution is -2.19. The van der Waals surface area contributed by atoms with Crippen molar-refractivity contribution in [2.24, 2.45) is 5.14 Å². The smallest absolute Gasteiger partial charge is 0.259 e. The molecule has 3 N–H and O–H groups in total. The SMILES string of the molecule is COc1cc(Cl)ccc1Oc1cc(Cl)ccc1C(=O)Nc1ccc(Cl)cc1S(N)(=O)=O. The summed E-state index contributed by atoms with van der Waals surface area (Å²) in [6.07, 6.45) is 0. The molecule has 0 unspecified atom stereocenters. The van der Waals surface area contributed by atoms with E-state index in [1.165, 1.54) is 37.4 Å². The fraction of sp³-hybridized carbons (Fsp3) is 0.0500. The summed E-state index contributed by atoms with van der Waals surface area (Å²) >= 11 is 17.9. The van der Waals surface area contributed by atoms with Crippen molar-refractivity contribution in [1.82, 2.24) is 0 Å². The van der Waals surface area contributed by atoms with Crippen LogP contribution in [-0.2, 0) is 10.0 Å². The van der Waals surface area contributed by atoms with Crippen LogP contribution in [0.1, 0.15) is 10.4 Å². The second-order valence-electron chi connectivity index (χ2n) is 6.18. The van der Waals surface area contributed by atoms with Crippen molar-refractivity contribution in [3.63, 3.8) is 0 Å². The highest BCUT2D eigenvalue weighted by Gasteiger charge is 2.20. The molecule has 31 heavy (non-hydrogen) atoms. The number of nitrogens with two attached hydrogens (primary N) is 1. The van der Waals surface area contributed by atoms with E-state index in [2.05, 4.69) is 5.32 Å².